The average Bonchev–Trinajstić information content (AvgIpc) is 3.19. The van der Waals surface area contributed by atoms with Crippen LogP contribution in [0.2, 0.25) is 0 Å². The van der Waals surface area contributed by atoms with Crippen molar-refractivity contribution in [2.24, 2.45) is 0 Å². The standard InChI is InChI=1S/C18H24N8O2/c27-15(25-8-10-26(11-9-25)18-21-4-1-5-22-18)3-7-20-17(28)16-13-12-19-6-2-14(13)23-24-16/h1,4-5,19H,2-3,6-12H2,(H,20,28)(H,23,24). The SMILES string of the molecule is O=C(NCCC(=O)N1CCN(c2ncccn2)CC1)c1n[nH]c2c1CNCC2. The molecular weight excluding hydrogens is 360 g/mol. The summed E-state index contributed by atoms with van der Waals surface area (Å²) in [6, 6.07) is 1.78. The maximum Gasteiger partial charge on any atom is 0.272 e. The van der Waals surface area contributed by atoms with Crippen molar-refractivity contribution < 1.29 is 9.59 Å². The van der Waals surface area contributed by atoms with E-state index in [0.29, 0.717) is 50.9 Å². The molecule has 0 unspecified atom stereocenters. The zero-order chi connectivity index (χ0) is 19.3. The largest absolute Gasteiger partial charge is 0.350 e. The number of hydrogen-bond acceptors (Lipinski definition) is 7. The Morgan fingerprint density at radius 1 is 1.14 bits per heavy atom. The highest BCUT2D eigenvalue weighted by molar-refractivity contribution is 5.94. The van der Waals surface area contributed by atoms with Crippen molar-refractivity contribution in [3.05, 3.63) is 35.4 Å². The van der Waals surface area contributed by atoms with Crippen LogP contribution in [0, 0.1) is 0 Å². The molecule has 2 aromatic rings. The predicted molar refractivity (Wildman–Crippen MR) is 102 cm³/mol. The van der Waals surface area contributed by atoms with Crippen molar-refractivity contribution in [1.82, 2.24) is 35.7 Å². The number of nitrogens with zero attached hydrogens (tertiary/aromatic N) is 5. The first-order chi connectivity index (χ1) is 13.7. The molecule has 2 amide bonds. The smallest absolute Gasteiger partial charge is 0.272 e. The number of H-pyrrole nitrogens is 1. The van der Waals surface area contributed by atoms with E-state index in [9.17, 15) is 9.59 Å². The molecule has 3 N–H and O–H groups in total. The Labute approximate surface area is 162 Å². The van der Waals surface area contributed by atoms with Crippen LogP contribution in [0.3, 0.4) is 0 Å². The van der Waals surface area contributed by atoms with Gasteiger partial charge in [0.25, 0.3) is 5.91 Å². The molecule has 0 spiro atoms. The van der Waals surface area contributed by atoms with E-state index < -0.39 is 0 Å². The van der Waals surface area contributed by atoms with Gasteiger partial charge in [0.15, 0.2) is 5.69 Å². The molecule has 0 aromatic carbocycles. The van der Waals surface area contributed by atoms with E-state index >= 15 is 0 Å². The van der Waals surface area contributed by atoms with Crippen molar-refractivity contribution in [1.29, 1.82) is 0 Å². The minimum absolute atomic E-state index is 0.0413. The Kier molecular flexibility index (Phi) is 5.47. The molecule has 148 valence electrons. The molecular formula is C18H24N8O2. The highest BCUT2D eigenvalue weighted by Crippen LogP contribution is 2.15. The number of aromatic nitrogens is 4. The maximum atomic E-state index is 12.4. The summed E-state index contributed by atoms with van der Waals surface area (Å²) in [5.41, 5.74) is 2.36. The number of nitrogens with one attached hydrogen (secondary N) is 3. The van der Waals surface area contributed by atoms with Crippen molar-refractivity contribution in [2.75, 3.05) is 44.2 Å². The van der Waals surface area contributed by atoms with Gasteiger partial charge in [0.1, 0.15) is 0 Å². The maximum absolute atomic E-state index is 12.4. The third-order valence-corrected chi connectivity index (χ3v) is 5.11. The molecule has 10 heteroatoms. The second-order valence-electron chi connectivity index (χ2n) is 6.88. The number of hydrogen-bond donors (Lipinski definition) is 3. The summed E-state index contributed by atoms with van der Waals surface area (Å²) in [5, 5.41) is 13.1. The molecule has 28 heavy (non-hydrogen) atoms. The van der Waals surface area contributed by atoms with Gasteiger partial charge >= 0.3 is 0 Å². The Morgan fingerprint density at radius 3 is 2.71 bits per heavy atom. The van der Waals surface area contributed by atoms with Crippen LogP contribution in [0.15, 0.2) is 18.5 Å². The summed E-state index contributed by atoms with van der Waals surface area (Å²) in [4.78, 5) is 37.2. The summed E-state index contributed by atoms with van der Waals surface area (Å²) < 4.78 is 0. The van der Waals surface area contributed by atoms with Crippen LogP contribution in [0.5, 0.6) is 0 Å². The summed E-state index contributed by atoms with van der Waals surface area (Å²) >= 11 is 0. The molecule has 0 bridgehead atoms. The molecule has 4 rings (SSSR count). The molecule has 4 heterocycles. The molecule has 0 saturated carbocycles. The van der Waals surface area contributed by atoms with Crippen LogP contribution in [-0.4, -0.2) is 76.1 Å². The zero-order valence-corrected chi connectivity index (χ0v) is 15.6. The van der Waals surface area contributed by atoms with Crippen LogP contribution >= 0.6 is 0 Å². The van der Waals surface area contributed by atoms with Crippen molar-refractivity contribution in [3.63, 3.8) is 0 Å². The summed E-state index contributed by atoms with van der Waals surface area (Å²) in [6.07, 6.45) is 4.55. The molecule has 1 fully saturated rings. The fraction of sp³-hybridized carbons (Fsp3) is 0.500. The topological polar surface area (TPSA) is 119 Å². The number of amides is 2. The van der Waals surface area contributed by atoms with Crippen LogP contribution in [0.25, 0.3) is 0 Å². The number of rotatable bonds is 5. The molecule has 2 aromatic heterocycles. The van der Waals surface area contributed by atoms with E-state index in [1.54, 1.807) is 18.5 Å². The minimum Gasteiger partial charge on any atom is -0.350 e. The molecule has 0 atom stereocenters. The Morgan fingerprint density at radius 2 is 1.93 bits per heavy atom. The van der Waals surface area contributed by atoms with E-state index in [-0.39, 0.29) is 18.2 Å². The van der Waals surface area contributed by atoms with Crippen molar-refractivity contribution in [2.45, 2.75) is 19.4 Å². The van der Waals surface area contributed by atoms with Gasteiger partial charge in [0, 0.05) is 82.3 Å². The molecule has 10 nitrogen and oxygen atoms in total. The fourth-order valence-corrected chi connectivity index (χ4v) is 3.55. The molecule has 0 radical (unpaired) electrons. The third kappa shape index (κ3) is 3.96. The van der Waals surface area contributed by atoms with Gasteiger partial charge in [0.05, 0.1) is 0 Å². The highest BCUT2D eigenvalue weighted by Gasteiger charge is 2.24. The quantitative estimate of drug-likeness (QED) is 0.624. The third-order valence-electron chi connectivity index (χ3n) is 5.11. The highest BCUT2D eigenvalue weighted by atomic mass is 16.2. The number of piperazine rings is 1. The minimum atomic E-state index is -0.236. The lowest BCUT2D eigenvalue weighted by Gasteiger charge is -2.34. The first-order valence-corrected chi connectivity index (χ1v) is 9.57. The summed E-state index contributed by atoms with van der Waals surface area (Å²) in [7, 11) is 0. The van der Waals surface area contributed by atoms with E-state index in [1.165, 1.54) is 0 Å². The molecule has 2 aliphatic heterocycles. The second kappa shape index (κ2) is 8.34. The van der Waals surface area contributed by atoms with Gasteiger partial charge in [-0.3, -0.25) is 14.7 Å². The lowest BCUT2D eigenvalue weighted by atomic mass is 10.1. The van der Waals surface area contributed by atoms with Gasteiger partial charge in [0.2, 0.25) is 11.9 Å². The van der Waals surface area contributed by atoms with Gasteiger partial charge in [-0.15, -0.1) is 0 Å². The predicted octanol–water partition coefficient (Wildman–Crippen LogP) is -0.686. The Hall–Kier alpha value is -3.01. The average molecular weight is 384 g/mol. The normalized spacial score (nSPS) is 16.6. The number of fused-ring (bicyclic) bond motifs is 1. The summed E-state index contributed by atoms with van der Waals surface area (Å²) in [6.45, 7) is 4.49. The first-order valence-electron chi connectivity index (χ1n) is 9.57. The van der Waals surface area contributed by atoms with Crippen LogP contribution in [0.1, 0.15) is 28.2 Å². The first kappa shape index (κ1) is 18.4. The number of anilines is 1. The number of carbonyl (C=O) groups excluding carboxylic acids is 2. The summed E-state index contributed by atoms with van der Waals surface area (Å²) in [5.74, 6) is 0.499. The number of carbonyl (C=O) groups is 2. The molecule has 2 aliphatic rings. The van der Waals surface area contributed by atoms with E-state index in [4.69, 9.17) is 0 Å². The lowest BCUT2D eigenvalue weighted by Crippen LogP contribution is -2.49. The van der Waals surface area contributed by atoms with Crippen LogP contribution in [-0.2, 0) is 17.8 Å². The molecule has 1 saturated heterocycles. The monoisotopic (exact) mass is 384 g/mol. The van der Waals surface area contributed by atoms with Crippen LogP contribution in [0.4, 0.5) is 5.95 Å². The Bertz CT molecular complexity index is 829. The van der Waals surface area contributed by atoms with Crippen molar-refractivity contribution in [3.8, 4) is 0 Å². The molecule has 0 aliphatic carbocycles. The van der Waals surface area contributed by atoms with Gasteiger partial charge in [-0.25, -0.2) is 9.97 Å². The van der Waals surface area contributed by atoms with Gasteiger partial charge in [-0.2, -0.15) is 5.10 Å². The van der Waals surface area contributed by atoms with E-state index in [0.717, 1.165) is 24.2 Å². The van der Waals surface area contributed by atoms with Gasteiger partial charge < -0.3 is 20.4 Å². The Balaban J connectivity index is 1.22. The second-order valence-corrected chi connectivity index (χ2v) is 6.88. The van der Waals surface area contributed by atoms with E-state index in [1.807, 2.05) is 4.90 Å². The van der Waals surface area contributed by atoms with Crippen molar-refractivity contribution >= 4 is 17.8 Å². The van der Waals surface area contributed by atoms with Gasteiger partial charge in [-0.1, -0.05) is 0 Å². The zero-order valence-electron chi connectivity index (χ0n) is 15.6. The van der Waals surface area contributed by atoms with Crippen LogP contribution < -0.4 is 15.5 Å². The van der Waals surface area contributed by atoms with E-state index in [2.05, 4.69) is 35.7 Å². The van der Waals surface area contributed by atoms with Gasteiger partial charge in [-0.05, 0) is 6.07 Å². The lowest BCUT2D eigenvalue weighted by molar-refractivity contribution is -0.131. The number of aromatic amines is 1. The fourth-order valence-electron chi connectivity index (χ4n) is 3.55.